The van der Waals surface area contributed by atoms with Crippen LogP contribution in [0.2, 0.25) is 0 Å². The summed E-state index contributed by atoms with van der Waals surface area (Å²) >= 11 is 0. The standard InChI is InChI=1S/C19H18F6N6O2.ClH/c1-31-8-9-5-3-2-4-6-17(32,19(23,24)25)16-29-28-15(33-16)14-11(26)7-10(18(20,21)22)13(27-14)12(9)30-31;/h7-8,32H,2-6,26H2,1H3;1H. The summed E-state index contributed by atoms with van der Waals surface area (Å²) in [6, 6.07) is 0.599. The van der Waals surface area contributed by atoms with E-state index in [1.807, 2.05) is 0 Å². The van der Waals surface area contributed by atoms with Crippen molar-refractivity contribution in [3.8, 4) is 23.0 Å². The molecule has 3 aromatic rings. The number of nitrogen functional groups attached to an aromatic ring is 1. The maximum atomic E-state index is 13.8. The quantitative estimate of drug-likeness (QED) is 0.428. The highest BCUT2D eigenvalue weighted by molar-refractivity contribution is 5.85. The van der Waals surface area contributed by atoms with E-state index in [1.54, 1.807) is 0 Å². The maximum Gasteiger partial charge on any atom is 0.426 e. The predicted molar refractivity (Wildman–Crippen MR) is 109 cm³/mol. The van der Waals surface area contributed by atoms with Crippen LogP contribution in [-0.4, -0.2) is 36.2 Å². The third-order valence-corrected chi connectivity index (χ3v) is 5.42. The first kappa shape index (κ1) is 25.7. The molecule has 0 radical (unpaired) electrons. The van der Waals surface area contributed by atoms with Gasteiger partial charge in [0, 0.05) is 13.2 Å². The van der Waals surface area contributed by atoms with E-state index in [0.29, 0.717) is 18.1 Å². The second-order valence-electron chi connectivity index (χ2n) is 7.83. The lowest BCUT2D eigenvalue weighted by Gasteiger charge is -2.26. The van der Waals surface area contributed by atoms with Gasteiger partial charge in [-0.15, -0.1) is 22.6 Å². The lowest BCUT2D eigenvalue weighted by atomic mass is 9.94. The summed E-state index contributed by atoms with van der Waals surface area (Å²) in [5, 5.41) is 21.3. The Kier molecular flexibility index (Phi) is 6.61. The molecule has 1 unspecified atom stereocenters. The first-order chi connectivity index (χ1) is 15.3. The van der Waals surface area contributed by atoms with Crippen LogP contribution in [0.1, 0.15) is 42.7 Å². The largest absolute Gasteiger partial charge is 0.426 e. The van der Waals surface area contributed by atoms with Gasteiger partial charge in [-0.05, 0) is 37.3 Å². The van der Waals surface area contributed by atoms with E-state index in [9.17, 15) is 31.4 Å². The summed E-state index contributed by atoms with van der Waals surface area (Å²) < 4.78 is 88.9. The van der Waals surface area contributed by atoms with Crippen LogP contribution in [0.3, 0.4) is 0 Å². The molecule has 0 fully saturated rings. The number of aliphatic hydroxyl groups is 1. The van der Waals surface area contributed by atoms with Crippen LogP contribution in [0, 0.1) is 0 Å². The fraction of sp³-hybridized carbons (Fsp3) is 0.474. The smallest absolute Gasteiger partial charge is 0.416 e. The number of hydrogen-bond acceptors (Lipinski definition) is 7. The molecular formula is C19H19ClF6N6O2. The van der Waals surface area contributed by atoms with Crippen LogP contribution < -0.4 is 5.73 Å². The molecule has 4 bridgehead atoms. The minimum absolute atomic E-state index is 0. The lowest BCUT2D eigenvalue weighted by molar-refractivity contribution is -0.277. The molecule has 0 aromatic carbocycles. The third kappa shape index (κ3) is 4.43. The molecule has 1 aliphatic heterocycles. The second-order valence-corrected chi connectivity index (χ2v) is 7.83. The summed E-state index contributed by atoms with van der Waals surface area (Å²) in [7, 11) is 1.53. The average Bonchev–Trinajstić information content (AvgIpc) is 3.32. The van der Waals surface area contributed by atoms with Crippen LogP contribution >= 0.6 is 12.4 Å². The number of aryl methyl sites for hydroxylation is 2. The fourth-order valence-electron chi connectivity index (χ4n) is 3.75. The minimum Gasteiger partial charge on any atom is -0.416 e. The van der Waals surface area contributed by atoms with E-state index in [-0.39, 0.29) is 37.4 Å². The number of hydrogen-bond donors (Lipinski definition) is 2. The van der Waals surface area contributed by atoms with Crippen molar-refractivity contribution >= 4 is 18.1 Å². The number of nitrogens with zero attached hydrogens (tertiary/aromatic N) is 5. The van der Waals surface area contributed by atoms with Crippen molar-refractivity contribution in [1.29, 1.82) is 0 Å². The van der Waals surface area contributed by atoms with Gasteiger partial charge < -0.3 is 15.3 Å². The number of halogens is 7. The Labute approximate surface area is 194 Å². The molecule has 0 saturated carbocycles. The first-order valence-electron chi connectivity index (χ1n) is 9.85. The SMILES string of the molecule is Cl.Cn1cc2c(n1)-c1nc(c(N)cc1C(F)(F)F)-c1nnc(o1)C(O)(C(F)(F)F)CCCCC2. The molecular weight excluding hydrogens is 494 g/mol. The second kappa shape index (κ2) is 8.73. The van der Waals surface area contributed by atoms with Gasteiger partial charge in [0.2, 0.25) is 5.60 Å². The molecule has 34 heavy (non-hydrogen) atoms. The topological polar surface area (TPSA) is 116 Å². The number of nitrogens with two attached hydrogens (primary N) is 1. The summed E-state index contributed by atoms with van der Waals surface area (Å²) in [4.78, 5) is 3.96. The Morgan fingerprint density at radius 3 is 2.41 bits per heavy atom. The molecule has 8 nitrogen and oxygen atoms in total. The summed E-state index contributed by atoms with van der Waals surface area (Å²) in [5.41, 5.74) is 0.000619. The van der Waals surface area contributed by atoms with E-state index in [0.717, 1.165) is 0 Å². The van der Waals surface area contributed by atoms with Crippen LogP contribution in [0.4, 0.5) is 32.0 Å². The Bertz CT molecular complexity index is 1190. The highest BCUT2D eigenvalue weighted by Crippen LogP contribution is 2.44. The van der Waals surface area contributed by atoms with Gasteiger partial charge in [-0.1, -0.05) is 6.42 Å². The lowest BCUT2D eigenvalue weighted by Crippen LogP contribution is -2.42. The summed E-state index contributed by atoms with van der Waals surface area (Å²) in [6.45, 7) is 0. The van der Waals surface area contributed by atoms with Crippen LogP contribution in [0.15, 0.2) is 16.7 Å². The number of rotatable bonds is 0. The zero-order valence-corrected chi connectivity index (χ0v) is 18.4. The Hall–Kier alpha value is -2.87. The average molecular weight is 513 g/mol. The van der Waals surface area contributed by atoms with Crippen molar-refractivity contribution in [2.75, 3.05) is 5.73 Å². The van der Waals surface area contributed by atoms with Gasteiger partial charge in [0.15, 0.2) is 5.69 Å². The maximum absolute atomic E-state index is 13.8. The number of alkyl halides is 6. The Morgan fingerprint density at radius 1 is 1.06 bits per heavy atom. The van der Waals surface area contributed by atoms with Gasteiger partial charge in [0.25, 0.3) is 11.8 Å². The van der Waals surface area contributed by atoms with Crippen LogP contribution in [-0.2, 0) is 25.2 Å². The number of fused-ring (bicyclic) bond motifs is 7. The van der Waals surface area contributed by atoms with E-state index in [2.05, 4.69) is 20.3 Å². The number of aromatic nitrogens is 5. The molecule has 1 atom stereocenters. The van der Waals surface area contributed by atoms with Crippen molar-refractivity contribution < 1.29 is 35.9 Å². The normalized spacial score (nSPS) is 19.2. The van der Waals surface area contributed by atoms with Gasteiger partial charge in [0.1, 0.15) is 11.4 Å². The Morgan fingerprint density at radius 2 is 1.76 bits per heavy atom. The van der Waals surface area contributed by atoms with Gasteiger partial charge in [-0.2, -0.15) is 31.4 Å². The molecule has 0 aliphatic carbocycles. The monoisotopic (exact) mass is 512 g/mol. The van der Waals surface area contributed by atoms with Crippen molar-refractivity contribution in [1.82, 2.24) is 25.0 Å². The zero-order chi connectivity index (χ0) is 24.2. The molecule has 0 saturated heterocycles. The summed E-state index contributed by atoms with van der Waals surface area (Å²) in [6.07, 6.45) is -8.41. The first-order valence-corrected chi connectivity index (χ1v) is 9.85. The van der Waals surface area contributed by atoms with Crippen molar-refractivity contribution in [3.63, 3.8) is 0 Å². The molecule has 186 valence electrons. The van der Waals surface area contributed by atoms with E-state index < -0.39 is 58.8 Å². The van der Waals surface area contributed by atoms with E-state index in [4.69, 9.17) is 10.2 Å². The van der Waals surface area contributed by atoms with Crippen molar-refractivity contribution in [2.24, 2.45) is 7.05 Å². The molecule has 3 aromatic heterocycles. The number of anilines is 1. The molecule has 4 heterocycles. The van der Waals surface area contributed by atoms with E-state index in [1.165, 1.54) is 17.9 Å². The highest BCUT2D eigenvalue weighted by atomic mass is 35.5. The van der Waals surface area contributed by atoms with Gasteiger partial charge in [-0.3, -0.25) is 4.68 Å². The highest BCUT2D eigenvalue weighted by Gasteiger charge is 2.58. The number of pyridine rings is 1. The van der Waals surface area contributed by atoms with Crippen LogP contribution in [0.5, 0.6) is 0 Å². The molecule has 0 spiro atoms. The fourth-order valence-corrected chi connectivity index (χ4v) is 3.75. The van der Waals surface area contributed by atoms with Crippen LogP contribution in [0.25, 0.3) is 23.0 Å². The molecule has 3 N–H and O–H groups in total. The molecule has 15 heteroatoms. The molecule has 4 rings (SSSR count). The third-order valence-electron chi connectivity index (χ3n) is 5.42. The predicted octanol–water partition coefficient (Wildman–Crippen LogP) is 4.42. The van der Waals surface area contributed by atoms with E-state index >= 15 is 0 Å². The van der Waals surface area contributed by atoms with Crippen molar-refractivity contribution in [2.45, 2.75) is 50.1 Å². The zero-order valence-electron chi connectivity index (χ0n) is 17.5. The molecule has 1 aliphatic rings. The van der Waals surface area contributed by atoms with Crippen molar-refractivity contribution in [3.05, 3.63) is 29.3 Å². The summed E-state index contributed by atoms with van der Waals surface area (Å²) in [5.74, 6) is -1.79. The Balaban J connectivity index is 0.00000324. The molecule has 0 amide bonds. The van der Waals surface area contributed by atoms with Gasteiger partial charge >= 0.3 is 12.4 Å². The van der Waals surface area contributed by atoms with Gasteiger partial charge in [0.05, 0.1) is 11.3 Å². The minimum atomic E-state index is -5.13. The van der Waals surface area contributed by atoms with Gasteiger partial charge in [-0.25, -0.2) is 4.98 Å².